The van der Waals surface area contributed by atoms with Gasteiger partial charge in [0, 0.05) is 17.4 Å². The number of hydrogen-bond donors (Lipinski definition) is 2. The van der Waals surface area contributed by atoms with Crippen molar-refractivity contribution < 1.29 is 17.9 Å². The highest BCUT2D eigenvalue weighted by Gasteiger charge is 2.19. The molecule has 0 amide bonds. The minimum Gasteiger partial charge on any atom is -0.346 e. The van der Waals surface area contributed by atoms with Crippen LogP contribution in [0.5, 0.6) is 0 Å². The molecule has 0 saturated carbocycles. The van der Waals surface area contributed by atoms with E-state index < -0.39 is 10.0 Å². The first-order chi connectivity index (χ1) is 9.65. The van der Waals surface area contributed by atoms with Gasteiger partial charge in [0.15, 0.2) is 6.29 Å². The van der Waals surface area contributed by atoms with Crippen LogP contribution in [0.4, 0.5) is 5.69 Å². The fraction of sp³-hybridized carbons (Fsp3) is 0.250. The zero-order valence-corrected chi connectivity index (χ0v) is 11.3. The molecule has 0 spiro atoms. The Bertz CT molecular complexity index is 661. The predicted molar refractivity (Wildman–Crippen MR) is 70.5 cm³/mol. The highest BCUT2D eigenvalue weighted by molar-refractivity contribution is 7.92. The number of aromatic nitrogens is 2. The van der Waals surface area contributed by atoms with Crippen LogP contribution in [0.2, 0.25) is 0 Å². The summed E-state index contributed by atoms with van der Waals surface area (Å²) in [5.41, 5.74) is 1.32. The van der Waals surface area contributed by atoms with Crippen LogP contribution in [-0.4, -0.2) is 31.8 Å². The lowest BCUT2D eigenvalue weighted by Crippen LogP contribution is -2.12. The molecule has 0 aliphatic carbocycles. The van der Waals surface area contributed by atoms with Gasteiger partial charge in [-0.3, -0.25) is 9.82 Å². The Morgan fingerprint density at radius 3 is 2.50 bits per heavy atom. The molecule has 8 heteroatoms. The van der Waals surface area contributed by atoms with Gasteiger partial charge in [-0.1, -0.05) is 12.1 Å². The monoisotopic (exact) mass is 295 g/mol. The fourth-order valence-electron chi connectivity index (χ4n) is 1.86. The predicted octanol–water partition coefficient (Wildman–Crippen LogP) is 1.26. The number of H-pyrrole nitrogens is 1. The van der Waals surface area contributed by atoms with E-state index in [1.165, 1.54) is 12.4 Å². The molecule has 0 bridgehead atoms. The summed E-state index contributed by atoms with van der Waals surface area (Å²) >= 11 is 0. The minimum atomic E-state index is -3.61. The summed E-state index contributed by atoms with van der Waals surface area (Å²) in [5, 5.41) is 6.08. The van der Waals surface area contributed by atoms with Crippen molar-refractivity contribution in [2.45, 2.75) is 11.2 Å². The lowest BCUT2D eigenvalue weighted by molar-refractivity contribution is -0.0441. The van der Waals surface area contributed by atoms with Gasteiger partial charge in [-0.05, 0) is 12.1 Å². The van der Waals surface area contributed by atoms with Crippen LogP contribution in [0.25, 0.3) is 0 Å². The number of anilines is 1. The number of nitrogens with zero attached hydrogens (tertiary/aromatic N) is 1. The topological polar surface area (TPSA) is 93.3 Å². The van der Waals surface area contributed by atoms with E-state index in [2.05, 4.69) is 14.9 Å². The van der Waals surface area contributed by atoms with Crippen LogP contribution in [0.1, 0.15) is 11.9 Å². The number of benzene rings is 1. The van der Waals surface area contributed by atoms with Crippen LogP contribution in [0.15, 0.2) is 41.6 Å². The summed E-state index contributed by atoms with van der Waals surface area (Å²) in [6.45, 7) is 1.14. The molecule has 0 radical (unpaired) electrons. The van der Waals surface area contributed by atoms with Gasteiger partial charge in [0.2, 0.25) is 0 Å². The number of hydrogen-bond acceptors (Lipinski definition) is 5. The van der Waals surface area contributed by atoms with E-state index in [1.807, 2.05) is 0 Å². The van der Waals surface area contributed by atoms with E-state index in [9.17, 15) is 8.42 Å². The average molecular weight is 295 g/mol. The van der Waals surface area contributed by atoms with Crippen molar-refractivity contribution in [1.82, 2.24) is 10.2 Å². The van der Waals surface area contributed by atoms with Crippen LogP contribution >= 0.6 is 0 Å². The molecule has 1 aromatic carbocycles. The molecule has 2 aromatic rings. The van der Waals surface area contributed by atoms with Gasteiger partial charge in [-0.15, -0.1) is 0 Å². The van der Waals surface area contributed by atoms with Gasteiger partial charge in [0.25, 0.3) is 10.0 Å². The Morgan fingerprint density at radius 1 is 1.20 bits per heavy atom. The minimum absolute atomic E-state index is 0.0871. The molecule has 2 heterocycles. The SMILES string of the molecule is O=S(=O)(Nc1ccc(C2OCCO2)cc1)c1cn[nH]c1. The molecular weight excluding hydrogens is 282 g/mol. The molecule has 0 unspecified atom stereocenters. The quantitative estimate of drug-likeness (QED) is 0.885. The van der Waals surface area contributed by atoms with Crippen molar-refractivity contribution in [3.05, 3.63) is 42.2 Å². The third kappa shape index (κ3) is 2.67. The van der Waals surface area contributed by atoms with Gasteiger partial charge >= 0.3 is 0 Å². The Hall–Kier alpha value is -1.90. The molecule has 0 atom stereocenters. The number of rotatable bonds is 4. The van der Waals surface area contributed by atoms with E-state index in [0.29, 0.717) is 18.9 Å². The molecule has 106 valence electrons. The van der Waals surface area contributed by atoms with Crippen LogP contribution < -0.4 is 4.72 Å². The van der Waals surface area contributed by atoms with Crippen molar-refractivity contribution >= 4 is 15.7 Å². The maximum atomic E-state index is 12.0. The normalized spacial score (nSPS) is 16.4. The first kappa shape index (κ1) is 13.1. The van der Waals surface area contributed by atoms with E-state index in [4.69, 9.17) is 9.47 Å². The van der Waals surface area contributed by atoms with Crippen molar-refractivity contribution in [3.63, 3.8) is 0 Å². The van der Waals surface area contributed by atoms with E-state index in [1.54, 1.807) is 24.3 Å². The summed E-state index contributed by atoms with van der Waals surface area (Å²) in [5.74, 6) is 0. The van der Waals surface area contributed by atoms with E-state index in [0.717, 1.165) is 5.56 Å². The maximum Gasteiger partial charge on any atom is 0.265 e. The lowest BCUT2D eigenvalue weighted by atomic mass is 10.2. The number of sulfonamides is 1. The van der Waals surface area contributed by atoms with Crippen LogP contribution in [-0.2, 0) is 19.5 Å². The second-order valence-electron chi connectivity index (χ2n) is 4.24. The van der Waals surface area contributed by atoms with Gasteiger partial charge in [0.1, 0.15) is 4.90 Å². The van der Waals surface area contributed by atoms with Gasteiger partial charge in [-0.2, -0.15) is 5.10 Å². The summed E-state index contributed by atoms with van der Waals surface area (Å²) in [4.78, 5) is 0.0871. The summed E-state index contributed by atoms with van der Waals surface area (Å²) < 4.78 is 37.2. The number of nitrogens with one attached hydrogen (secondary N) is 2. The third-order valence-electron chi connectivity index (χ3n) is 2.84. The van der Waals surface area contributed by atoms with Crippen molar-refractivity contribution in [3.8, 4) is 0 Å². The Balaban J connectivity index is 1.75. The van der Waals surface area contributed by atoms with Gasteiger partial charge in [-0.25, -0.2) is 8.42 Å². The van der Waals surface area contributed by atoms with Gasteiger partial charge < -0.3 is 9.47 Å². The van der Waals surface area contributed by atoms with Crippen molar-refractivity contribution in [1.29, 1.82) is 0 Å². The molecule has 7 nitrogen and oxygen atoms in total. The smallest absolute Gasteiger partial charge is 0.265 e. The largest absolute Gasteiger partial charge is 0.346 e. The van der Waals surface area contributed by atoms with Crippen molar-refractivity contribution in [2.75, 3.05) is 17.9 Å². The molecule has 1 fully saturated rings. The Morgan fingerprint density at radius 2 is 1.90 bits per heavy atom. The van der Waals surface area contributed by atoms with Gasteiger partial charge in [0.05, 0.1) is 19.4 Å². The second kappa shape index (κ2) is 5.23. The van der Waals surface area contributed by atoms with Crippen LogP contribution in [0.3, 0.4) is 0 Å². The number of aromatic amines is 1. The van der Waals surface area contributed by atoms with Crippen molar-refractivity contribution in [2.24, 2.45) is 0 Å². The molecule has 1 aliphatic rings. The van der Waals surface area contributed by atoms with E-state index in [-0.39, 0.29) is 11.2 Å². The second-order valence-corrected chi connectivity index (χ2v) is 5.92. The standard InChI is InChI=1S/C12H13N3O4S/c16-20(17,11-7-13-14-8-11)15-10-3-1-9(2-4-10)12-18-5-6-19-12/h1-4,7-8,12,15H,5-6H2,(H,13,14). The zero-order chi connectivity index (χ0) is 14.0. The first-order valence-electron chi connectivity index (χ1n) is 6.00. The summed E-state index contributed by atoms with van der Waals surface area (Å²) in [6, 6.07) is 6.86. The van der Waals surface area contributed by atoms with Crippen LogP contribution in [0, 0.1) is 0 Å². The highest BCUT2D eigenvalue weighted by atomic mass is 32.2. The molecule has 2 N–H and O–H groups in total. The molecule has 20 heavy (non-hydrogen) atoms. The summed E-state index contributed by atoms with van der Waals surface area (Å²) in [6.07, 6.45) is 2.20. The average Bonchev–Trinajstić information content (AvgIpc) is 3.13. The molecule has 3 rings (SSSR count). The molecular formula is C12H13N3O4S. The van der Waals surface area contributed by atoms with E-state index >= 15 is 0 Å². The zero-order valence-electron chi connectivity index (χ0n) is 10.4. The fourth-order valence-corrected chi connectivity index (χ4v) is 2.82. The highest BCUT2D eigenvalue weighted by Crippen LogP contribution is 2.25. The molecule has 1 aliphatic heterocycles. The Kier molecular flexibility index (Phi) is 3.43. The maximum absolute atomic E-state index is 12.0. The first-order valence-corrected chi connectivity index (χ1v) is 7.48. The number of ether oxygens (including phenoxy) is 2. The lowest BCUT2D eigenvalue weighted by Gasteiger charge is -2.11. The molecule has 1 saturated heterocycles. The Labute approximate surface area is 116 Å². The third-order valence-corrected chi connectivity index (χ3v) is 4.19. The summed E-state index contributed by atoms with van der Waals surface area (Å²) in [7, 11) is -3.61. The molecule has 1 aromatic heterocycles.